The van der Waals surface area contributed by atoms with Gasteiger partial charge in [0.15, 0.2) is 0 Å². The van der Waals surface area contributed by atoms with Crippen LogP contribution in [0.2, 0.25) is 0 Å². The smallest absolute Gasteiger partial charge is 0.0733 e. The molecule has 30 heavy (non-hydrogen) atoms. The minimum Gasteiger partial charge on any atom is -0.368 e. The van der Waals surface area contributed by atoms with Crippen LogP contribution in [-0.2, 0) is 4.74 Å². The Kier molecular flexibility index (Phi) is 6.90. The highest BCUT2D eigenvalue weighted by atomic mass is 16.5. The van der Waals surface area contributed by atoms with Crippen LogP contribution in [0.1, 0.15) is 98.3 Å². The Morgan fingerprint density at radius 2 is 1.77 bits per heavy atom. The third-order valence-corrected chi connectivity index (χ3v) is 9.36. The van der Waals surface area contributed by atoms with Crippen LogP contribution >= 0.6 is 0 Å². The molecule has 2 unspecified atom stereocenters. The molecule has 2 aliphatic carbocycles. The minimum atomic E-state index is -0.0558. The van der Waals surface area contributed by atoms with Gasteiger partial charge in [-0.1, -0.05) is 26.7 Å². The number of nitrogens with two attached hydrogens (primary N) is 2. The van der Waals surface area contributed by atoms with Gasteiger partial charge in [0.25, 0.3) is 0 Å². The largest absolute Gasteiger partial charge is 0.368 e. The second-order valence-electron chi connectivity index (χ2n) is 12.6. The van der Waals surface area contributed by atoms with Gasteiger partial charge in [-0.2, -0.15) is 0 Å². The number of hydrogen-bond acceptors (Lipinski definition) is 4. The SMILES string of the molecule is CC(C)CC[C@H]1C[C@@H](CC2CCC(N)NC2)C[C@@H]([C@]23CC[C@H]([C@H](N)C2)C(C)(C)O3)C1. The summed E-state index contributed by atoms with van der Waals surface area (Å²) in [7, 11) is 0. The maximum Gasteiger partial charge on any atom is 0.0733 e. The van der Waals surface area contributed by atoms with Crippen molar-refractivity contribution in [2.45, 2.75) is 122 Å². The van der Waals surface area contributed by atoms with Crippen molar-refractivity contribution in [3.8, 4) is 0 Å². The van der Waals surface area contributed by atoms with E-state index in [1.54, 1.807) is 0 Å². The summed E-state index contributed by atoms with van der Waals surface area (Å²) in [5, 5.41) is 3.53. The number of nitrogens with one attached hydrogen (secondary N) is 1. The molecule has 0 aromatic rings. The first kappa shape index (κ1) is 23.0. The lowest BCUT2D eigenvalue weighted by Gasteiger charge is -2.61. The molecule has 174 valence electrons. The third kappa shape index (κ3) is 4.92. The lowest BCUT2D eigenvalue weighted by molar-refractivity contribution is -0.270. The molecule has 3 saturated heterocycles. The molecular formula is C26H49N3O. The van der Waals surface area contributed by atoms with E-state index in [9.17, 15) is 0 Å². The van der Waals surface area contributed by atoms with Crippen molar-refractivity contribution in [1.29, 1.82) is 0 Å². The molecule has 5 rings (SSSR count). The monoisotopic (exact) mass is 419 g/mol. The van der Waals surface area contributed by atoms with E-state index in [0.717, 1.165) is 43.1 Å². The number of hydrogen-bond donors (Lipinski definition) is 3. The zero-order valence-electron chi connectivity index (χ0n) is 20.2. The van der Waals surface area contributed by atoms with Crippen LogP contribution in [-0.4, -0.2) is 30.0 Å². The fourth-order valence-electron chi connectivity index (χ4n) is 7.87. The molecule has 2 bridgehead atoms. The quantitative estimate of drug-likeness (QED) is 0.578. The molecule has 5 fully saturated rings. The lowest BCUT2D eigenvalue weighted by atomic mass is 9.57. The van der Waals surface area contributed by atoms with Crippen LogP contribution in [0.4, 0.5) is 0 Å². The zero-order valence-corrected chi connectivity index (χ0v) is 20.2. The van der Waals surface area contributed by atoms with Crippen molar-refractivity contribution in [3.63, 3.8) is 0 Å². The molecule has 2 saturated carbocycles. The van der Waals surface area contributed by atoms with Crippen molar-refractivity contribution < 1.29 is 4.74 Å². The summed E-state index contributed by atoms with van der Waals surface area (Å²) < 4.78 is 6.99. The fraction of sp³-hybridized carbons (Fsp3) is 1.00. The van der Waals surface area contributed by atoms with Gasteiger partial charge in [-0.25, -0.2) is 0 Å². The molecule has 0 spiro atoms. The number of ether oxygens (including phenoxy) is 1. The van der Waals surface area contributed by atoms with Gasteiger partial charge in [-0.3, -0.25) is 0 Å². The molecule has 3 heterocycles. The molecule has 0 radical (unpaired) electrons. The summed E-state index contributed by atoms with van der Waals surface area (Å²) in [5.74, 6) is 4.55. The van der Waals surface area contributed by atoms with Crippen LogP contribution in [0.5, 0.6) is 0 Å². The highest BCUT2D eigenvalue weighted by molar-refractivity contribution is 5.09. The molecule has 0 aromatic carbocycles. The molecule has 5 N–H and O–H groups in total. The minimum absolute atomic E-state index is 0.0413. The van der Waals surface area contributed by atoms with Crippen molar-refractivity contribution >= 4 is 0 Å². The van der Waals surface area contributed by atoms with Gasteiger partial charge >= 0.3 is 0 Å². The van der Waals surface area contributed by atoms with Crippen molar-refractivity contribution in [3.05, 3.63) is 0 Å². The zero-order chi connectivity index (χ0) is 21.5. The maximum absolute atomic E-state index is 6.99. The van der Waals surface area contributed by atoms with Crippen molar-refractivity contribution in [2.24, 2.45) is 47.0 Å². The van der Waals surface area contributed by atoms with E-state index in [0.29, 0.717) is 17.9 Å². The summed E-state index contributed by atoms with van der Waals surface area (Å²) in [4.78, 5) is 0. The van der Waals surface area contributed by atoms with Gasteiger partial charge in [0.1, 0.15) is 0 Å². The Labute approximate surface area is 185 Å². The van der Waals surface area contributed by atoms with E-state index in [1.807, 2.05) is 0 Å². The maximum atomic E-state index is 6.99. The Balaban J connectivity index is 1.48. The lowest BCUT2D eigenvalue weighted by Crippen LogP contribution is -2.66. The molecule has 4 nitrogen and oxygen atoms in total. The predicted molar refractivity (Wildman–Crippen MR) is 125 cm³/mol. The van der Waals surface area contributed by atoms with E-state index >= 15 is 0 Å². The van der Waals surface area contributed by atoms with E-state index in [2.05, 4.69) is 33.0 Å². The van der Waals surface area contributed by atoms with Gasteiger partial charge in [-0.15, -0.1) is 0 Å². The second kappa shape index (κ2) is 9.00. The predicted octanol–water partition coefficient (Wildman–Crippen LogP) is 4.80. The molecule has 8 atom stereocenters. The molecule has 0 amide bonds. The number of rotatable bonds is 6. The molecule has 5 aliphatic rings. The first-order valence-corrected chi connectivity index (χ1v) is 13.1. The topological polar surface area (TPSA) is 73.3 Å². The van der Waals surface area contributed by atoms with E-state index in [-0.39, 0.29) is 17.4 Å². The van der Waals surface area contributed by atoms with Crippen molar-refractivity contribution in [2.75, 3.05) is 6.54 Å². The van der Waals surface area contributed by atoms with Gasteiger partial charge in [0, 0.05) is 12.0 Å². The molecule has 4 heteroatoms. The first-order valence-electron chi connectivity index (χ1n) is 13.1. The number of piperidine rings is 1. The fourth-order valence-corrected chi connectivity index (χ4v) is 7.87. The van der Waals surface area contributed by atoms with E-state index in [4.69, 9.17) is 16.2 Å². The highest BCUT2D eigenvalue weighted by Crippen LogP contribution is 2.56. The van der Waals surface area contributed by atoms with Crippen LogP contribution in [0.25, 0.3) is 0 Å². The number of fused-ring (bicyclic) bond motifs is 3. The van der Waals surface area contributed by atoms with Crippen LogP contribution in [0.15, 0.2) is 0 Å². The summed E-state index contributed by atoms with van der Waals surface area (Å²) in [6.07, 6.45) is 14.5. The van der Waals surface area contributed by atoms with Crippen LogP contribution in [0.3, 0.4) is 0 Å². The van der Waals surface area contributed by atoms with Crippen LogP contribution in [0, 0.1) is 35.5 Å². The van der Waals surface area contributed by atoms with Gasteiger partial charge in [0.05, 0.1) is 17.4 Å². The van der Waals surface area contributed by atoms with E-state index < -0.39 is 0 Å². The standard InChI is InChI=1S/C26H49N3O/c1-17(2)5-6-18-11-20(12-19-7-8-24(28)29-16-19)14-21(13-18)26-10-9-22(23(27)15-26)25(3,4)30-26/h17-24,29H,5-16,27-28H2,1-4H3/t18-,19?,20-,21-,22+,23+,24?,26-/m0/s1. The Morgan fingerprint density at radius 1 is 1.00 bits per heavy atom. The van der Waals surface area contributed by atoms with Crippen molar-refractivity contribution in [1.82, 2.24) is 5.32 Å². The Hall–Kier alpha value is -0.160. The highest BCUT2D eigenvalue weighted by Gasteiger charge is 2.58. The Morgan fingerprint density at radius 3 is 2.40 bits per heavy atom. The molecule has 3 aliphatic heterocycles. The average molecular weight is 420 g/mol. The second-order valence-corrected chi connectivity index (χ2v) is 12.6. The first-order chi connectivity index (χ1) is 14.2. The third-order valence-electron chi connectivity index (χ3n) is 9.36. The van der Waals surface area contributed by atoms with Gasteiger partial charge < -0.3 is 21.5 Å². The van der Waals surface area contributed by atoms with E-state index in [1.165, 1.54) is 57.8 Å². The summed E-state index contributed by atoms with van der Waals surface area (Å²) in [6.45, 7) is 10.5. The summed E-state index contributed by atoms with van der Waals surface area (Å²) >= 11 is 0. The Bertz CT molecular complexity index is 571. The van der Waals surface area contributed by atoms with Gasteiger partial charge in [0.2, 0.25) is 0 Å². The molecular weight excluding hydrogens is 370 g/mol. The average Bonchev–Trinajstić information content (AvgIpc) is 2.67. The van der Waals surface area contributed by atoms with Gasteiger partial charge in [-0.05, 0) is 108 Å². The summed E-state index contributed by atoms with van der Waals surface area (Å²) in [5.41, 5.74) is 12.8. The molecule has 0 aromatic heterocycles. The summed E-state index contributed by atoms with van der Waals surface area (Å²) in [6, 6.07) is 0.320. The normalized spacial score (nSPS) is 46.3. The van der Waals surface area contributed by atoms with Crippen LogP contribution < -0.4 is 16.8 Å².